The first-order chi connectivity index (χ1) is 20.8. The van der Waals surface area contributed by atoms with Gasteiger partial charge in [0.05, 0.1) is 32.0 Å². The minimum atomic E-state index is -2.76. The molecule has 4 aromatic carbocycles. The van der Waals surface area contributed by atoms with Crippen molar-refractivity contribution in [2.45, 2.75) is 77.3 Å². The Bertz CT molecular complexity index is 1340. The van der Waals surface area contributed by atoms with Crippen LogP contribution in [0.5, 0.6) is 0 Å². The molecule has 0 spiro atoms. The van der Waals surface area contributed by atoms with Gasteiger partial charge in [-0.05, 0) is 33.5 Å². The minimum Gasteiger partial charge on any atom is -0.405 e. The molecule has 0 bridgehead atoms. The smallest absolute Gasteiger partial charge is 0.261 e. The molecule has 0 radical (unpaired) electrons. The van der Waals surface area contributed by atoms with Crippen molar-refractivity contribution in [1.29, 1.82) is 0 Å². The Kier molecular flexibility index (Phi) is 10.3. The van der Waals surface area contributed by atoms with Crippen LogP contribution in [-0.4, -0.2) is 39.3 Å². The average Bonchev–Trinajstić information content (AvgIpc) is 3.03. The topological polar surface area (TPSA) is 36.9 Å². The summed E-state index contributed by atoms with van der Waals surface area (Å²) in [6.45, 7) is 12.7. The summed E-state index contributed by atoms with van der Waals surface area (Å²) in [6.07, 6.45) is -0.754. The van der Waals surface area contributed by atoms with Crippen molar-refractivity contribution >= 4 is 18.7 Å². The van der Waals surface area contributed by atoms with Crippen molar-refractivity contribution in [2.75, 3.05) is 6.61 Å². The summed E-state index contributed by atoms with van der Waals surface area (Å²) in [5, 5.41) is 2.38. The summed E-state index contributed by atoms with van der Waals surface area (Å²) in [5.74, 6) is 0.147. The van der Waals surface area contributed by atoms with E-state index in [0.29, 0.717) is 19.8 Å². The quantitative estimate of drug-likeness (QED) is 0.173. The van der Waals surface area contributed by atoms with E-state index in [1.807, 2.05) is 24.3 Å². The third-order valence-corrected chi connectivity index (χ3v) is 13.8. The molecule has 0 saturated carbocycles. The second-order valence-corrected chi connectivity index (χ2v) is 17.0. The molecule has 4 aromatic rings. The fraction of sp³-hybridized carbons (Fsp3) is 0.368. The highest BCUT2D eigenvalue weighted by Gasteiger charge is 2.52. The minimum absolute atomic E-state index is 0.00916. The summed E-state index contributed by atoms with van der Waals surface area (Å²) in [6, 6.07) is 42.2. The van der Waals surface area contributed by atoms with Crippen molar-refractivity contribution in [3.05, 3.63) is 132 Å². The number of rotatable bonds is 11. The Morgan fingerprint density at radius 2 is 1.02 bits per heavy atom. The summed E-state index contributed by atoms with van der Waals surface area (Å²) in [7, 11) is -2.76. The van der Waals surface area contributed by atoms with Gasteiger partial charge >= 0.3 is 0 Å². The Balaban J connectivity index is 1.48. The molecule has 1 heterocycles. The zero-order chi connectivity index (χ0) is 30.3. The highest BCUT2D eigenvalue weighted by atomic mass is 28.4. The van der Waals surface area contributed by atoms with Gasteiger partial charge in [-0.15, -0.1) is 0 Å². The Morgan fingerprint density at radius 3 is 1.47 bits per heavy atom. The molecular formula is C38H46O4Si. The average molecular weight is 595 g/mol. The zero-order valence-electron chi connectivity index (χ0n) is 26.2. The van der Waals surface area contributed by atoms with Gasteiger partial charge in [-0.1, -0.05) is 149 Å². The molecule has 2 unspecified atom stereocenters. The van der Waals surface area contributed by atoms with Gasteiger partial charge in [0.15, 0.2) is 0 Å². The maximum Gasteiger partial charge on any atom is 0.261 e. The lowest BCUT2D eigenvalue weighted by Crippen LogP contribution is -2.68. The van der Waals surface area contributed by atoms with E-state index in [2.05, 4.69) is 132 Å². The predicted molar refractivity (Wildman–Crippen MR) is 177 cm³/mol. The van der Waals surface area contributed by atoms with Crippen LogP contribution in [0.2, 0.25) is 5.04 Å². The predicted octanol–water partition coefficient (Wildman–Crippen LogP) is 7.16. The van der Waals surface area contributed by atoms with Crippen LogP contribution < -0.4 is 10.4 Å². The molecule has 0 N–H and O–H groups in total. The fourth-order valence-electron chi connectivity index (χ4n) is 6.34. The van der Waals surface area contributed by atoms with Gasteiger partial charge in [0.2, 0.25) is 0 Å². The van der Waals surface area contributed by atoms with Crippen LogP contribution in [0.1, 0.15) is 45.7 Å². The van der Waals surface area contributed by atoms with Crippen LogP contribution in [0.15, 0.2) is 121 Å². The van der Waals surface area contributed by atoms with Gasteiger partial charge in [0.25, 0.3) is 8.32 Å². The lowest BCUT2D eigenvalue weighted by Gasteiger charge is -2.47. The third kappa shape index (κ3) is 7.19. The molecule has 43 heavy (non-hydrogen) atoms. The van der Waals surface area contributed by atoms with Crippen LogP contribution in [0.25, 0.3) is 0 Å². The fourth-order valence-corrected chi connectivity index (χ4v) is 10.9. The van der Waals surface area contributed by atoms with E-state index in [-0.39, 0.29) is 35.4 Å². The second kappa shape index (κ2) is 14.1. The van der Waals surface area contributed by atoms with E-state index in [9.17, 15) is 0 Å². The largest absolute Gasteiger partial charge is 0.405 e. The van der Waals surface area contributed by atoms with Crippen molar-refractivity contribution in [1.82, 2.24) is 0 Å². The molecule has 226 valence electrons. The van der Waals surface area contributed by atoms with E-state index in [1.165, 1.54) is 10.4 Å². The third-order valence-electron chi connectivity index (χ3n) is 8.79. The van der Waals surface area contributed by atoms with E-state index in [0.717, 1.165) is 11.1 Å². The van der Waals surface area contributed by atoms with E-state index in [4.69, 9.17) is 18.6 Å². The summed E-state index contributed by atoms with van der Waals surface area (Å²) >= 11 is 0. The Hall–Kier alpha value is -3.06. The lowest BCUT2D eigenvalue weighted by molar-refractivity contribution is -0.233. The van der Waals surface area contributed by atoms with Crippen molar-refractivity contribution in [3.8, 4) is 0 Å². The van der Waals surface area contributed by atoms with Crippen LogP contribution >= 0.6 is 0 Å². The monoisotopic (exact) mass is 594 g/mol. The van der Waals surface area contributed by atoms with Gasteiger partial charge in [-0.2, -0.15) is 0 Å². The SMILES string of the molecule is CC1[C@H](C)OC(CO[Si](c2ccccc2)(c2ccccc2)C(C)(C)C)[C@@H](OCc2ccccc2)[C@H]1OCc1ccccc1. The van der Waals surface area contributed by atoms with Gasteiger partial charge in [0, 0.05) is 5.92 Å². The molecule has 1 aliphatic rings. The van der Waals surface area contributed by atoms with Gasteiger partial charge < -0.3 is 18.6 Å². The standard InChI is InChI=1S/C38H46O4Si/c1-29-30(2)42-35(28-41-43(38(3,4)5,33-22-14-8-15-23-33)34-24-16-9-17-25-34)37(40-27-32-20-12-7-13-21-32)36(29)39-26-31-18-10-6-11-19-31/h6-25,29-30,35-37H,26-28H2,1-5H3/t29?,30-,35?,36-,37+/m0/s1. The Labute approximate surface area is 259 Å². The number of benzene rings is 4. The molecule has 0 amide bonds. The highest BCUT2D eigenvalue weighted by Crippen LogP contribution is 2.38. The van der Waals surface area contributed by atoms with Crippen molar-refractivity contribution < 1.29 is 18.6 Å². The van der Waals surface area contributed by atoms with Crippen molar-refractivity contribution in [2.24, 2.45) is 5.92 Å². The van der Waals surface area contributed by atoms with E-state index < -0.39 is 8.32 Å². The maximum absolute atomic E-state index is 7.36. The molecule has 4 nitrogen and oxygen atoms in total. The lowest BCUT2D eigenvalue weighted by atomic mass is 9.88. The number of ether oxygens (including phenoxy) is 3. The first kappa shape index (κ1) is 31.4. The molecule has 0 aliphatic carbocycles. The first-order valence-electron chi connectivity index (χ1n) is 15.5. The number of hydrogen-bond acceptors (Lipinski definition) is 4. The Morgan fingerprint density at radius 1 is 0.605 bits per heavy atom. The summed E-state index contributed by atoms with van der Waals surface area (Å²) < 4.78 is 27.6. The highest BCUT2D eigenvalue weighted by molar-refractivity contribution is 6.99. The van der Waals surface area contributed by atoms with Gasteiger partial charge in [-0.25, -0.2) is 0 Å². The summed E-state index contributed by atoms with van der Waals surface area (Å²) in [5.41, 5.74) is 2.28. The van der Waals surface area contributed by atoms with E-state index in [1.54, 1.807) is 0 Å². The molecule has 0 aromatic heterocycles. The molecule has 5 heteroatoms. The molecule has 1 fully saturated rings. The van der Waals surface area contributed by atoms with Crippen LogP contribution in [0.3, 0.4) is 0 Å². The molecular weight excluding hydrogens is 549 g/mol. The van der Waals surface area contributed by atoms with Crippen LogP contribution in [0.4, 0.5) is 0 Å². The number of hydrogen-bond donors (Lipinski definition) is 0. The molecule has 5 atom stereocenters. The molecule has 5 rings (SSSR count). The second-order valence-electron chi connectivity index (χ2n) is 12.7. The van der Waals surface area contributed by atoms with Crippen molar-refractivity contribution in [3.63, 3.8) is 0 Å². The maximum atomic E-state index is 7.36. The summed E-state index contributed by atoms with van der Waals surface area (Å²) in [4.78, 5) is 0. The van der Waals surface area contributed by atoms with Gasteiger partial charge in [0.1, 0.15) is 12.2 Å². The van der Waals surface area contributed by atoms with Crippen LogP contribution in [0, 0.1) is 5.92 Å². The molecule has 1 aliphatic heterocycles. The first-order valence-corrected chi connectivity index (χ1v) is 17.4. The zero-order valence-corrected chi connectivity index (χ0v) is 27.2. The van der Waals surface area contributed by atoms with Crippen LogP contribution in [-0.2, 0) is 31.9 Å². The normalized spacial score (nSPS) is 22.8. The van der Waals surface area contributed by atoms with E-state index >= 15 is 0 Å². The van der Waals surface area contributed by atoms with Gasteiger partial charge in [-0.3, -0.25) is 0 Å². The molecule has 1 saturated heterocycles.